The molecule has 0 atom stereocenters. The molecule has 0 aromatic carbocycles. The molecule has 2 N–H and O–H groups in total. The number of pyridine rings is 2. The van der Waals surface area contributed by atoms with Gasteiger partial charge in [-0.1, -0.05) is 25.4 Å². The molecule has 0 fully saturated rings. The highest BCUT2D eigenvalue weighted by atomic mass is 35.5. The minimum absolute atomic E-state index is 0.0248. The van der Waals surface area contributed by atoms with E-state index >= 15 is 0 Å². The number of fused-ring (bicyclic) bond motifs is 1. The van der Waals surface area contributed by atoms with E-state index in [0.29, 0.717) is 35.5 Å². The van der Waals surface area contributed by atoms with Gasteiger partial charge in [0, 0.05) is 29.1 Å². The van der Waals surface area contributed by atoms with Crippen molar-refractivity contribution in [2.45, 2.75) is 47.1 Å². The summed E-state index contributed by atoms with van der Waals surface area (Å²) >= 11 is 6.30. The molecule has 0 aliphatic heterocycles. The second kappa shape index (κ2) is 8.37. The smallest absolute Gasteiger partial charge is 0.223 e. The van der Waals surface area contributed by atoms with Crippen molar-refractivity contribution >= 4 is 28.6 Å². The maximum Gasteiger partial charge on any atom is 0.223 e. The Kier molecular flexibility index (Phi) is 6.07. The van der Waals surface area contributed by atoms with Crippen LogP contribution in [-0.2, 0) is 13.0 Å². The van der Waals surface area contributed by atoms with Crippen LogP contribution in [0.1, 0.15) is 42.7 Å². The molecule has 3 rings (SSSR count). The summed E-state index contributed by atoms with van der Waals surface area (Å²) in [7, 11) is 1.64. The van der Waals surface area contributed by atoms with Crippen molar-refractivity contribution in [2.24, 2.45) is 5.92 Å². The third-order valence-corrected chi connectivity index (χ3v) is 5.30. The second-order valence-electron chi connectivity index (χ2n) is 7.66. The Morgan fingerprint density at radius 3 is 2.66 bits per heavy atom. The lowest BCUT2D eigenvalue weighted by Crippen LogP contribution is -2.19. The van der Waals surface area contributed by atoms with Crippen molar-refractivity contribution in [1.82, 2.24) is 19.5 Å². The van der Waals surface area contributed by atoms with Gasteiger partial charge in [-0.15, -0.1) is 0 Å². The van der Waals surface area contributed by atoms with Crippen molar-refractivity contribution < 1.29 is 4.74 Å². The number of halogens is 1. The number of ether oxygens (including phenoxy) is 1. The summed E-state index contributed by atoms with van der Waals surface area (Å²) in [5, 5.41) is 0.364. The minimum Gasteiger partial charge on any atom is -0.496 e. The number of nitrogens with zero attached hydrogens (tertiary/aromatic N) is 4. The van der Waals surface area contributed by atoms with Crippen LogP contribution in [0.4, 0.5) is 5.95 Å². The number of hydrogen-bond donors (Lipinski definition) is 1. The van der Waals surface area contributed by atoms with Crippen molar-refractivity contribution in [3.8, 4) is 5.75 Å². The van der Waals surface area contributed by atoms with Gasteiger partial charge < -0.3 is 15.0 Å². The Hall–Kier alpha value is -2.67. The van der Waals surface area contributed by atoms with Crippen LogP contribution in [0.5, 0.6) is 5.75 Å². The van der Waals surface area contributed by atoms with Gasteiger partial charge in [0.2, 0.25) is 5.95 Å². The number of anilines is 1. The van der Waals surface area contributed by atoms with E-state index in [-0.39, 0.29) is 16.5 Å². The normalized spacial score (nSPS) is 11.4. The molecule has 0 saturated heterocycles. The van der Waals surface area contributed by atoms with Crippen LogP contribution in [0.15, 0.2) is 17.2 Å². The molecule has 7 nitrogen and oxygen atoms in total. The molecule has 8 heteroatoms. The van der Waals surface area contributed by atoms with Gasteiger partial charge in [-0.2, -0.15) is 4.98 Å². The predicted octanol–water partition coefficient (Wildman–Crippen LogP) is 3.68. The van der Waals surface area contributed by atoms with Crippen molar-refractivity contribution in [3.05, 3.63) is 50.2 Å². The highest BCUT2D eigenvalue weighted by Gasteiger charge is 2.18. The fourth-order valence-corrected chi connectivity index (χ4v) is 3.70. The topological polar surface area (TPSA) is 95.9 Å². The quantitative estimate of drug-likeness (QED) is 0.617. The first-order valence-corrected chi connectivity index (χ1v) is 9.94. The number of nitrogen functional groups attached to an aromatic ring is 1. The summed E-state index contributed by atoms with van der Waals surface area (Å²) in [6.07, 6.45) is 5.16. The van der Waals surface area contributed by atoms with Crippen LogP contribution in [0.3, 0.4) is 0 Å². The first-order valence-electron chi connectivity index (χ1n) is 9.57. The molecule has 3 aromatic rings. The molecule has 0 saturated carbocycles. The third kappa shape index (κ3) is 4.19. The largest absolute Gasteiger partial charge is 0.496 e. The molecule has 3 heterocycles. The second-order valence-corrected chi connectivity index (χ2v) is 8.02. The lowest BCUT2D eigenvalue weighted by Gasteiger charge is -2.16. The standard InChI is InChI=1S/C21H26ClN5O2/c1-11(2)6-7-14-9-27(10-15-13(4)18(29-5)12(3)8-24-15)20-16(17(14)28)19(22)25-21(23)26-20/h8-9,11H,6-7,10H2,1-5H3,(H2,23,25,26). The van der Waals surface area contributed by atoms with Gasteiger partial charge in [0.25, 0.3) is 0 Å². The maximum atomic E-state index is 13.0. The fourth-order valence-electron chi connectivity index (χ4n) is 3.44. The zero-order chi connectivity index (χ0) is 21.3. The highest BCUT2D eigenvalue weighted by molar-refractivity contribution is 6.34. The monoisotopic (exact) mass is 415 g/mol. The van der Waals surface area contributed by atoms with E-state index in [4.69, 9.17) is 22.1 Å². The van der Waals surface area contributed by atoms with E-state index in [0.717, 1.165) is 29.0 Å². The van der Waals surface area contributed by atoms with E-state index < -0.39 is 0 Å². The first kappa shape index (κ1) is 21.0. The SMILES string of the molecule is COc1c(C)cnc(Cn2cc(CCC(C)C)c(=O)c3c(Cl)nc(N)nc32)c1C. The highest BCUT2D eigenvalue weighted by Crippen LogP contribution is 2.26. The molecule has 0 aliphatic rings. The van der Waals surface area contributed by atoms with Crippen molar-refractivity contribution in [2.75, 3.05) is 12.8 Å². The number of rotatable bonds is 6. The van der Waals surface area contributed by atoms with Crippen LogP contribution in [0, 0.1) is 19.8 Å². The van der Waals surface area contributed by atoms with E-state index in [1.54, 1.807) is 13.3 Å². The Morgan fingerprint density at radius 1 is 1.28 bits per heavy atom. The summed E-state index contributed by atoms with van der Waals surface area (Å²) < 4.78 is 7.40. The molecule has 3 aromatic heterocycles. The number of aryl methyl sites for hydroxylation is 2. The van der Waals surface area contributed by atoms with E-state index in [1.807, 2.05) is 24.6 Å². The van der Waals surface area contributed by atoms with Gasteiger partial charge in [-0.05, 0) is 32.6 Å². The van der Waals surface area contributed by atoms with E-state index in [9.17, 15) is 4.79 Å². The molecule has 0 bridgehead atoms. The Labute approximate surface area is 174 Å². The number of nitrogens with two attached hydrogens (primary N) is 1. The molecule has 0 amide bonds. The number of methoxy groups -OCH3 is 1. The van der Waals surface area contributed by atoms with E-state index in [2.05, 4.69) is 28.8 Å². The van der Waals surface area contributed by atoms with Gasteiger partial charge in [0.1, 0.15) is 16.3 Å². The molecule has 0 aliphatic carbocycles. The van der Waals surface area contributed by atoms with Gasteiger partial charge in [0.05, 0.1) is 19.3 Å². The number of aromatic nitrogens is 4. The zero-order valence-electron chi connectivity index (χ0n) is 17.4. The molecule has 29 heavy (non-hydrogen) atoms. The maximum absolute atomic E-state index is 13.0. The summed E-state index contributed by atoms with van der Waals surface area (Å²) in [5.74, 6) is 1.30. The minimum atomic E-state index is -0.145. The average Bonchev–Trinajstić information content (AvgIpc) is 2.64. The summed E-state index contributed by atoms with van der Waals surface area (Å²) in [6.45, 7) is 8.58. The molecule has 0 radical (unpaired) electrons. The van der Waals surface area contributed by atoms with Crippen LogP contribution in [0.25, 0.3) is 11.0 Å². The Balaban J connectivity index is 2.21. The molecular weight excluding hydrogens is 390 g/mol. The van der Waals surface area contributed by atoms with Gasteiger partial charge in [0.15, 0.2) is 11.1 Å². The van der Waals surface area contributed by atoms with Gasteiger partial charge in [-0.25, -0.2) is 4.98 Å². The molecule has 154 valence electrons. The lowest BCUT2D eigenvalue weighted by atomic mass is 10.0. The summed E-state index contributed by atoms with van der Waals surface area (Å²) in [6, 6.07) is 0. The van der Waals surface area contributed by atoms with Gasteiger partial charge >= 0.3 is 0 Å². The van der Waals surface area contributed by atoms with Crippen LogP contribution >= 0.6 is 11.6 Å². The van der Waals surface area contributed by atoms with Crippen LogP contribution in [0.2, 0.25) is 5.15 Å². The van der Waals surface area contributed by atoms with Gasteiger partial charge in [-0.3, -0.25) is 9.78 Å². The van der Waals surface area contributed by atoms with Crippen molar-refractivity contribution in [3.63, 3.8) is 0 Å². The average molecular weight is 416 g/mol. The first-order chi connectivity index (χ1) is 13.7. The molecule has 0 spiro atoms. The Morgan fingerprint density at radius 2 is 2.00 bits per heavy atom. The van der Waals surface area contributed by atoms with Crippen molar-refractivity contribution in [1.29, 1.82) is 0 Å². The third-order valence-electron chi connectivity index (χ3n) is 5.03. The molecular formula is C21H26ClN5O2. The summed E-state index contributed by atoms with van der Waals surface area (Å²) in [4.78, 5) is 25.9. The lowest BCUT2D eigenvalue weighted by molar-refractivity contribution is 0.406. The zero-order valence-corrected chi connectivity index (χ0v) is 18.2. The predicted molar refractivity (Wildman–Crippen MR) is 116 cm³/mol. The van der Waals surface area contributed by atoms with Crippen LogP contribution < -0.4 is 15.9 Å². The van der Waals surface area contributed by atoms with Crippen LogP contribution in [-0.4, -0.2) is 26.6 Å². The number of hydrogen-bond acceptors (Lipinski definition) is 6. The van der Waals surface area contributed by atoms with E-state index in [1.165, 1.54) is 0 Å². The Bertz CT molecular complexity index is 1120. The fraction of sp³-hybridized carbons (Fsp3) is 0.429. The summed E-state index contributed by atoms with van der Waals surface area (Å²) in [5.41, 5.74) is 9.47. The molecule has 0 unspecified atom stereocenters.